The van der Waals surface area contributed by atoms with Crippen LogP contribution in [0.4, 0.5) is 0 Å². The number of nitrogens with zero attached hydrogens (tertiary/aromatic N) is 1. The van der Waals surface area contributed by atoms with Gasteiger partial charge in [0.05, 0.1) is 0 Å². The molecule has 5 nitrogen and oxygen atoms in total. The maximum absolute atomic E-state index is 11.0. The van der Waals surface area contributed by atoms with Crippen LogP contribution in [0.1, 0.15) is 12.8 Å². The summed E-state index contributed by atoms with van der Waals surface area (Å²) in [4.78, 5) is 24.2. The number of aliphatic imine (C=N–C) groups is 1. The molecule has 0 aromatic carbocycles. The Morgan fingerprint density at radius 2 is 2.42 bits per heavy atom. The van der Waals surface area contributed by atoms with Crippen molar-refractivity contribution in [3.8, 4) is 0 Å². The molecule has 0 unspecified atom stereocenters. The molecule has 0 saturated heterocycles. The Kier molecular flexibility index (Phi) is 5.87. The van der Waals surface area contributed by atoms with Crippen molar-refractivity contribution in [1.82, 2.24) is 5.32 Å². The smallest absolute Gasteiger partial charge is 0.245 e. The summed E-state index contributed by atoms with van der Waals surface area (Å²) in [6.45, 7) is 0.488. The fourth-order valence-electron chi connectivity index (χ4n) is 0.796. The molecule has 68 valence electrons. The summed E-state index contributed by atoms with van der Waals surface area (Å²) in [6.07, 6.45) is 2.53. The van der Waals surface area contributed by atoms with Gasteiger partial charge in [0.2, 0.25) is 12.0 Å². The van der Waals surface area contributed by atoms with Gasteiger partial charge in [0.1, 0.15) is 6.04 Å². The Balaban J connectivity index is 4.03. The summed E-state index contributed by atoms with van der Waals surface area (Å²) in [5.74, 6) is -0.271. The van der Waals surface area contributed by atoms with E-state index in [1.54, 1.807) is 0 Å². The molecule has 0 bridgehead atoms. The SMILES string of the molecule is CNC(=O)[C@H](CCCN)N=C=O. The predicted molar refractivity (Wildman–Crippen MR) is 44.3 cm³/mol. The van der Waals surface area contributed by atoms with Gasteiger partial charge in [-0.2, -0.15) is 4.99 Å². The largest absolute Gasteiger partial charge is 0.357 e. The molecule has 0 spiro atoms. The van der Waals surface area contributed by atoms with E-state index in [1.165, 1.54) is 13.1 Å². The standard InChI is InChI=1S/C7H13N3O2/c1-9-7(12)6(10-5-11)3-2-4-8/h6H,2-4,8H2,1H3,(H,9,12)/t6-/m0/s1. The Morgan fingerprint density at radius 1 is 1.75 bits per heavy atom. The average Bonchev–Trinajstić information content (AvgIpc) is 2.11. The average molecular weight is 171 g/mol. The molecule has 0 radical (unpaired) electrons. The summed E-state index contributed by atoms with van der Waals surface area (Å²) in [5.41, 5.74) is 5.24. The van der Waals surface area contributed by atoms with Crippen LogP contribution in [0, 0.1) is 0 Å². The highest BCUT2D eigenvalue weighted by molar-refractivity contribution is 5.82. The lowest BCUT2D eigenvalue weighted by Gasteiger charge is -2.06. The van der Waals surface area contributed by atoms with Gasteiger partial charge in [-0.25, -0.2) is 4.79 Å². The molecule has 0 aliphatic rings. The van der Waals surface area contributed by atoms with Gasteiger partial charge in [0.15, 0.2) is 0 Å². The predicted octanol–water partition coefficient (Wildman–Crippen LogP) is -0.824. The molecule has 0 saturated carbocycles. The van der Waals surface area contributed by atoms with E-state index in [0.29, 0.717) is 19.4 Å². The molecular formula is C7H13N3O2. The van der Waals surface area contributed by atoms with E-state index in [1.807, 2.05) is 0 Å². The molecule has 1 atom stereocenters. The number of hydrogen-bond acceptors (Lipinski definition) is 4. The van der Waals surface area contributed by atoms with E-state index in [0.717, 1.165) is 0 Å². The number of likely N-dealkylation sites (N-methyl/N-ethyl adjacent to an activating group) is 1. The molecule has 0 aromatic rings. The lowest BCUT2D eigenvalue weighted by atomic mass is 10.1. The summed E-state index contributed by atoms with van der Waals surface area (Å²) >= 11 is 0. The van der Waals surface area contributed by atoms with Gasteiger partial charge in [-0.05, 0) is 19.4 Å². The van der Waals surface area contributed by atoms with Crippen molar-refractivity contribution in [3.63, 3.8) is 0 Å². The van der Waals surface area contributed by atoms with Crippen molar-refractivity contribution in [3.05, 3.63) is 0 Å². The van der Waals surface area contributed by atoms with Gasteiger partial charge in [-0.1, -0.05) is 0 Å². The minimum absolute atomic E-state index is 0.271. The second-order valence-corrected chi connectivity index (χ2v) is 2.28. The molecule has 3 N–H and O–H groups in total. The molecular weight excluding hydrogens is 158 g/mol. The van der Waals surface area contributed by atoms with E-state index >= 15 is 0 Å². The molecule has 0 aliphatic carbocycles. The number of nitrogens with two attached hydrogens (primary N) is 1. The highest BCUT2D eigenvalue weighted by Crippen LogP contribution is 1.99. The van der Waals surface area contributed by atoms with Crippen molar-refractivity contribution in [2.24, 2.45) is 10.7 Å². The Hall–Kier alpha value is -1.19. The fraction of sp³-hybridized carbons (Fsp3) is 0.714. The summed E-state index contributed by atoms with van der Waals surface area (Å²) in [7, 11) is 1.50. The van der Waals surface area contributed by atoms with Crippen molar-refractivity contribution >= 4 is 12.0 Å². The quantitative estimate of drug-likeness (QED) is 0.418. The van der Waals surface area contributed by atoms with E-state index in [2.05, 4.69) is 10.3 Å². The van der Waals surface area contributed by atoms with Gasteiger partial charge in [0, 0.05) is 7.05 Å². The fourth-order valence-corrected chi connectivity index (χ4v) is 0.796. The lowest BCUT2D eigenvalue weighted by Crippen LogP contribution is -2.30. The number of rotatable bonds is 5. The van der Waals surface area contributed by atoms with E-state index in [9.17, 15) is 9.59 Å². The number of carbonyl (C=O) groups is 1. The summed E-state index contributed by atoms with van der Waals surface area (Å²) in [6, 6.07) is -0.629. The number of carbonyl (C=O) groups excluding carboxylic acids is 2. The normalized spacial score (nSPS) is 11.5. The van der Waals surface area contributed by atoms with Crippen LogP contribution < -0.4 is 11.1 Å². The zero-order valence-corrected chi connectivity index (χ0v) is 7.04. The molecule has 12 heavy (non-hydrogen) atoms. The molecule has 0 rings (SSSR count). The highest BCUT2D eigenvalue weighted by atomic mass is 16.2. The first-order valence-electron chi connectivity index (χ1n) is 3.75. The van der Waals surface area contributed by atoms with Crippen LogP contribution >= 0.6 is 0 Å². The first-order valence-corrected chi connectivity index (χ1v) is 3.75. The third-order valence-corrected chi connectivity index (χ3v) is 1.44. The van der Waals surface area contributed by atoms with Crippen LogP contribution in [0.5, 0.6) is 0 Å². The van der Waals surface area contributed by atoms with Crippen LogP contribution in [-0.2, 0) is 9.59 Å². The molecule has 0 aromatic heterocycles. The Bertz CT molecular complexity index is 187. The van der Waals surface area contributed by atoms with E-state index in [4.69, 9.17) is 5.73 Å². The van der Waals surface area contributed by atoms with Gasteiger partial charge in [-0.3, -0.25) is 4.79 Å². The molecule has 1 amide bonds. The Labute approximate surface area is 71.0 Å². The summed E-state index contributed by atoms with van der Waals surface area (Å²) in [5, 5.41) is 2.41. The van der Waals surface area contributed by atoms with Crippen LogP contribution in [0.3, 0.4) is 0 Å². The van der Waals surface area contributed by atoms with E-state index < -0.39 is 6.04 Å². The molecule has 0 heterocycles. The van der Waals surface area contributed by atoms with Crippen molar-refractivity contribution in [2.75, 3.05) is 13.6 Å². The molecule has 0 fully saturated rings. The second-order valence-electron chi connectivity index (χ2n) is 2.28. The monoisotopic (exact) mass is 171 g/mol. The van der Waals surface area contributed by atoms with Crippen LogP contribution in [0.15, 0.2) is 4.99 Å². The van der Waals surface area contributed by atoms with Gasteiger partial charge in [0.25, 0.3) is 0 Å². The maximum Gasteiger partial charge on any atom is 0.245 e. The maximum atomic E-state index is 11.0. The van der Waals surface area contributed by atoms with Gasteiger partial charge in [-0.15, -0.1) is 0 Å². The molecule has 5 heteroatoms. The van der Waals surface area contributed by atoms with E-state index in [-0.39, 0.29) is 5.91 Å². The van der Waals surface area contributed by atoms with Crippen LogP contribution in [0.25, 0.3) is 0 Å². The van der Waals surface area contributed by atoms with Gasteiger partial charge < -0.3 is 11.1 Å². The van der Waals surface area contributed by atoms with Crippen LogP contribution in [0.2, 0.25) is 0 Å². The first-order chi connectivity index (χ1) is 5.76. The number of nitrogens with one attached hydrogen (secondary N) is 1. The van der Waals surface area contributed by atoms with Crippen molar-refractivity contribution in [1.29, 1.82) is 0 Å². The highest BCUT2D eigenvalue weighted by Gasteiger charge is 2.14. The first kappa shape index (κ1) is 10.8. The lowest BCUT2D eigenvalue weighted by molar-refractivity contribution is -0.121. The van der Waals surface area contributed by atoms with Crippen LogP contribution in [-0.4, -0.2) is 31.6 Å². The topological polar surface area (TPSA) is 84.6 Å². The molecule has 0 aliphatic heterocycles. The minimum Gasteiger partial charge on any atom is -0.357 e. The number of isocyanates is 1. The Morgan fingerprint density at radius 3 is 2.83 bits per heavy atom. The zero-order chi connectivity index (χ0) is 9.40. The van der Waals surface area contributed by atoms with Crippen molar-refractivity contribution in [2.45, 2.75) is 18.9 Å². The minimum atomic E-state index is -0.629. The third-order valence-electron chi connectivity index (χ3n) is 1.44. The third kappa shape index (κ3) is 3.85. The van der Waals surface area contributed by atoms with Crippen molar-refractivity contribution < 1.29 is 9.59 Å². The summed E-state index contributed by atoms with van der Waals surface area (Å²) < 4.78 is 0. The number of amides is 1. The van der Waals surface area contributed by atoms with Gasteiger partial charge >= 0.3 is 0 Å². The number of hydrogen-bond donors (Lipinski definition) is 2. The zero-order valence-electron chi connectivity index (χ0n) is 7.04. The second kappa shape index (κ2) is 6.52.